The normalized spacial score (nSPS) is 12.6. The summed E-state index contributed by atoms with van der Waals surface area (Å²) in [5.41, 5.74) is 4.57. The van der Waals surface area contributed by atoms with Crippen molar-refractivity contribution in [3.05, 3.63) is 86.9 Å². The van der Waals surface area contributed by atoms with Crippen LogP contribution in [0.1, 0.15) is 37.4 Å². The van der Waals surface area contributed by atoms with Gasteiger partial charge in [-0.1, -0.05) is 0 Å². The zero-order valence-electron chi connectivity index (χ0n) is 14.0. The molecule has 1 aliphatic carbocycles. The summed E-state index contributed by atoms with van der Waals surface area (Å²) < 4.78 is 1.67. The zero-order chi connectivity index (χ0) is 18.4. The molecule has 1 atom stereocenters. The van der Waals surface area contributed by atoms with Crippen LogP contribution in [0.25, 0.3) is 0 Å². The number of carbonyl (C=O) groups is 2. The number of anilines is 2. The van der Waals surface area contributed by atoms with E-state index >= 15 is 0 Å². The fourth-order valence-corrected chi connectivity index (χ4v) is 4.36. The Morgan fingerprint density at radius 2 is 1.46 bits per heavy atom. The van der Waals surface area contributed by atoms with Gasteiger partial charge in [-0.3, -0.25) is 0 Å². The second kappa shape index (κ2) is 6.53. The third kappa shape index (κ3) is 2.74. The second-order valence-corrected chi connectivity index (χ2v) is 8.33. The Morgan fingerprint density at radius 3 is 2.08 bits per heavy atom. The molecule has 0 spiro atoms. The quantitative estimate of drug-likeness (QED) is 0.458. The van der Waals surface area contributed by atoms with E-state index in [9.17, 15) is 9.59 Å². The summed E-state index contributed by atoms with van der Waals surface area (Å²) in [6, 6.07) is 16.8. The van der Waals surface area contributed by atoms with Crippen molar-refractivity contribution < 1.29 is 9.59 Å². The maximum absolute atomic E-state index is 13.2. The van der Waals surface area contributed by atoms with E-state index in [1.165, 1.54) is 16.9 Å². The third-order valence-electron chi connectivity index (χ3n) is 4.52. The van der Waals surface area contributed by atoms with Gasteiger partial charge in [0.25, 0.3) is 0 Å². The Kier molecular flexibility index (Phi) is 4.34. The maximum atomic E-state index is 13.2. The van der Waals surface area contributed by atoms with Gasteiger partial charge in [-0.05, 0) is 0 Å². The summed E-state index contributed by atoms with van der Waals surface area (Å²) in [5.74, 6) is -0.209. The van der Waals surface area contributed by atoms with Gasteiger partial charge in [0.15, 0.2) is 0 Å². The number of aryl methyl sites for hydroxylation is 1. The third-order valence-corrected chi connectivity index (χ3v) is 7.32. The molecule has 0 amide bonds. The van der Waals surface area contributed by atoms with Gasteiger partial charge in [0.1, 0.15) is 0 Å². The minimum absolute atomic E-state index is 0.0946. The summed E-state index contributed by atoms with van der Waals surface area (Å²) in [6.45, 7) is 2.02. The molecule has 128 valence electrons. The number of halogens is 1. The molecule has 0 aliphatic heterocycles. The van der Waals surface area contributed by atoms with Crippen LogP contribution in [0.3, 0.4) is 0 Å². The van der Waals surface area contributed by atoms with Crippen LogP contribution >= 0.6 is 15.9 Å². The molecule has 3 nitrogen and oxygen atoms in total. The van der Waals surface area contributed by atoms with E-state index in [2.05, 4.69) is 21.2 Å². The number of fused-ring (bicyclic) bond motifs is 2. The molecule has 3 aromatic rings. The SMILES string of the molecule is Cc1ccc(Nc2cc(Br)c([AsH2])c3c2C(=O)c2ccccc2C3=O)cc1. The predicted octanol–water partition coefficient (Wildman–Crippen LogP) is 3.53. The van der Waals surface area contributed by atoms with Gasteiger partial charge in [-0.15, -0.1) is 0 Å². The first kappa shape index (κ1) is 17.3. The molecule has 5 heteroatoms. The van der Waals surface area contributed by atoms with Gasteiger partial charge < -0.3 is 0 Å². The molecule has 0 saturated carbocycles. The van der Waals surface area contributed by atoms with Gasteiger partial charge in [0, 0.05) is 0 Å². The van der Waals surface area contributed by atoms with Crippen LogP contribution in [0.2, 0.25) is 0 Å². The van der Waals surface area contributed by atoms with Crippen molar-refractivity contribution in [2.24, 2.45) is 0 Å². The summed E-state index contributed by atoms with van der Waals surface area (Å²) in [4.78, 5) is 26.3. The van der Waals surface area contributed by atoms with Crippen LogP contribution in [-0.2, 0) is 0 Å². The zero-order valence-corrected chi connectivity index (χ0v) is 18.0. The number of nitrogens with one attached hydrogen (secondary N) is 1. The fourth-order valence-electron chi connectivity index (χ4n) is 3.18. The fraction of sp³-hybridized carbons (Fsp3) is 0.0476. The number of rotatable bonds is 2. The number of hydrogen-bond acceptors (Lipinski definition) is 3. The molecule has 0 aromatic heterocycles. The summed E-state index contributed by atoms with van der Waals surface area (Å²) in [7, 11) is 0. The number of benzene rings is 3. The van der Waals surface area contributed by atoms with Gasteiger partial charge in [-0.25, -0.2) is 0 Å². The van der Waals surface area contributed by atoms with E-state index in [4.69, 9.17) is 0 Å². The first-order valence-electron chi connectivity index (χ1n) is 8.11. The Bertz CT molecular complexity index is 1070. The second-order valence-electron chi connectivity index (χ2n) is 6.26. The monoisotopic (exact) mass is 467 g/mol. The van der Waals surface area contributed by atoms with Crippen LogP contribution in [-0.4, -0.2) is 28.4 Å². The number of hydrogen-bond donors (Lipinski definition) is 1. The van der Waals surface area contributed by atoms with Crippen LogP contribution in [0.4, 0.5) is 11.4 Å². The Labute approximate surface area is 168 Å². The predicted molar refractivity (Wildman–Crippen MR) is 110 cm³/mol. The molecular weight excluding hydrogens is 453 g/mol. The molecule has 1 unspecified atom stereocenters. The standard InChI is InChI=1S/C21H15AsBrNO2/c1-11-6-8-12(9-7-11)24-16-10-15(23)19(22)18-17(16)20(25)13-4-2-3-5-14(13)21(18)26/h2-10,24H,22H2,1H3. The Morgan fingerprint density at radius 1 is 0.885 bits per heavy atom. The molecule has 3 aromatic carbocycles. The molecule has 1 N–H and O–H groups in total. The van der Waals surface area contributed by atoms with E-state index in [-0.39, 0.29) is 11.6 Å². The van der Waals surface area contributed by atoms with Crippen LogP contribution in [0.15, 0.2) is 59.1 Å². The van der Waals surface area contributed by atoms with Crippen molar-refractivity contribution in [2.75, 3.05) is 5.32 Å². The van der Waals surface area contributed by atoms with Crippen molar-refractivity contribution in [1.29, 1.82) is 0 Å². The Hall–Kier alpha value is -2.16. The van der Waals surface area contributed by atoms with E-state index in [1.54, 1.807) is 24.3 Å². The first-order chi connectivity index (χ1) is 12.5. The molecule has 0 radical (unpaired) electrons. The van der Waals surface area contributed by atoms with Crippen LogP contribution in [0, 0.1) is 6.92 Å². The van der Waals surface area contributed by atoms with Crippen LogP contribution < -0.4 is 9.67 Å². The topological polar surface area (TPSA) is 46.2 Å². The van der Waals surface area contributed by atoms with Gasteiger partial charge in [0.2, 0.25) is 0 Å². The Balaban J connectivity index is 1.93. The molecule has 4 rings (SSSR count). The van der Waals surface area contributed by atoms with Crippen molar-refractivity contribution in [3.63, 3.8) is 0 Å². The average molecular weight is 468 g/mol. The summed E-state index contributed by atoms with van der Waals surface area (Å²) in [5, 5.41) is 3.31. The van der Waals surface area contributed by atoms with E-state index < -0.39 is 0 Å². The van der Waals surface area contributed by atoms with Gasteiger partial charge in [-0.2, -0.15) is 0 Å². The molecule has 0 heterocycles. The molecule has 26 heavy (non-hydrogen) atoms. The van der Waals surface area contributed by atoms with Crippen molar-refractivity contribution in [1.82, 2.24) is 0 Å². The van der Waals surface area contributed by atoms with Gasteiger partial charge in [0.05, 0.1) is 0 Å². The van der Waals surface area contributed by atoms with Crippen molar-refractivity contribution >= 4 is 60.1 Å². The average Bonchev–Trinajstić information content (AvgIpc) is 2.64. The van der Waals surface area contributed by atoms with Gasteiger partial charge >= 0.3 is 169 Å². The molecule has 1 aliphatic rings. The molecular formula is C21H15AsBrNO2. The van der Waals surface area contributed by atoms with Crippen LogP contribution in [0.5, 0.6) is 0 Å². The molecule has 0 saturated heterocycles. The van der Waals surface area contributed by atoms with Crippen molar-refractivity contribution in [2.45, 2.75) is 6.92 Å². The summed E-state index contributed by atoms with van der Waals surface area (Å²) >= 11 is 4.87. The van der Waals surface area contributed by atoms with E-state index in [0.717, 1.165) is 20.1 Å². The molecule has 0 fully saturated rings. The number of ketones is 2. The van der Waals surface area contributed by atoms with E-state index in [1.807, 2.05) is 37.3 Å². The van der Waals surface area contributed by atoms with Crippen molar-refractivity contribution in [3.8, 4) is 0 Å². The minimum atomic E-state index is -0.115. The number of carbonyl (C=O) groups excluding carboxylic acids is 2. The summed E-state index contributed by atoms with van der Waals surface area (Å²) in [6.07, 6.45) is 0. The van der Waals surface area contributed by atoms with E-state index in [0.29, 0.717) is 27.9 Å². The molecule has 0 bridgehead atoms. The first-order valence-corrected chi connectivity index (χ1v) is 10.1.